The molecule has 188 valence electrons. The fourth-order valence-electron chi connectivity index (χ4n) is 4.92. The molecule has 3 amide bonds. The number of rotatable bonds is 8. The molecule has 0 radical (unpaired) electrons. The first-order chi connectivity index (χ1) is 16.8. The molecule has 2 aliphatic rings. The molecule has 1 aliphatic carbocycles. The zero-order valence-electron chi connectivity index (χ0n) is 20.7. The van der Waals surface area contributed by atoms with E-state index < -0.39 is 11.4 Å². The van der Waals surface area contributed by atoms with Crippen LogP contribution in [0.2, 0.25) is 0 Å². The van der Waals surface area contributed by atoms with Crippen LogP contribution in [0.15, 0.2) is 24.3 Å². The van der Waals surface area contributed by atoms with Crippen molar-refractivity contribution in [3.8, 4) is 11.5 Å². The van der Waals surface area contributed by atoms with Crippen molar-refractivity contribution >= 4 is 17.7 Å². The Hall–Kier alpha value is -3.56. The third kappa shape index (κ3) is 4.69. The van der Waals surface area contributed by atoms with Crippen LogP contribution in [0.3, 0.4) is 0 Å². The summed E-state index contributed by atoms with van der Waals surface area (Å²) in [5.41, 5.74) is 0.106. The Morgan fingerprint density at radius 3 is 2.57 bits per heavy atom. The summed E-state index contributed by atoms with van der Waals surface area (Å²) in [6.45, 7) is 4.38. The summed E-state index contributed by atoms with van der Waals surface area (Å²) in [4.78, 5) is 41.0. The van der Waals surface area contributed by atoms with Gasteiger partial charge in [-0.2, -0.15) is 5.10 Å². The molecule has 4 rings (SSSR count). The van der Waals surface area contributed by atoms with Crippen LogP contribution in [0.4, 0.5) is 0 Å². The summed E-state index contributed by atoms with van der Waals surface area (Å²) in [6, 6.07) is 6.97. The number of likely N-dealkylation sites (N-methyl/N-ethyl adjacent to an activating group) is 1. The maximum atomic E-state index is 13.3. The number of methoxy groups -OCH3 is 2. The van der Waals surface area contributed by atoms with Gasteiger partial charge in [0.15, 0.2) is 5.69 Å². The Morgan fingerprint density at radius 1 is 1.17 bits per heavy atom. The molecule has 0 saturated heterocycles. The van der Waals surface area contributed by atoms with Gasteiger partial charge in [0.2, 0.25) is 5.91 Å². The summed E-state index contributed by atoms with van der Waals surface area (Å²) in [5.74, 6) is 0.326. The molecular weight excluding hydrogens is 450 g/mol. The summed E-state index contributed by atoms with van der Waals surface area (Å²) in [5, 5.41) is 10.3. The van der Waals surface area contributed by atoms with E-state index in [-0.39, 0.29) is 36.6 Å². The Labute approximate surface area is 204 Å². The van der Waals surface area contributed by atoms with E-state index in [0.717, 1.165) is 31.2 Å². The molecule has 1 aliphatic heterocycles. The minimum Gasteiger partial charge on any atom is -0.497 e. The third-order valence-electron chi connectivity index (χ3n) is 6.96. The maximum Gasteiger partial charge on any atom is 0.273 e. The molecule has 2 aromatic rings. The lowest BCUT2D eigenvalue weighted by molar-refractivity contribution is -0.133. The fraction of sp³-hybridized carbons (Fsp3) is 0.520. The zero-order valence-corrected chi connectivity index (χ0v) is 20.7. The van der Waals surface area contributed by atoms with Gasteiger partial charge in [0.05, 0.1) is 20.8 Å². The normalized spacial score (nSPS) is 19.9. The lowest BCUT2D eigenvalue weighted by atomic mass is 9.94. The second-order valence-corrected chi connectivity index (χ2v) is 9.21. The molecule has 2 heterocycles. The van der Waals surface area contributed by atoms with Gasteiger partial charge in [0.25, 0.3) is 11.8 Å². The molecule has 1 atom stereocenters. The predicted octanol–water partition coefficient (Wildman–Crippen LogP) is 2.12. The smallest absolute Gasteiger partial charge is 0.273 e. The van der Waals surface area contributed by atoms with E-state index in [1.54, 1.807) is 38.2 Å². The summed E-state index contributed by atoms with van der Waals surface area (Å²) in [7, 11) is 3.12. The van der Waals surface area contributed by atoms with E-state index in [1.807, 2.05) is 13.0 Å². The number of nitrogens with one attached hydrogen (secondary N) is 2. The Morgan fingerprint density at radius 2 is 1.91 bits per heavy atom. The number of carbonyl (C=O) groups excluding carboxylic acids is 3. The van der Waals surface area contributed by atoms with Crippen LogP contribution in [0, 0.1) is 0 Å². The summed E-state index contributed by atoms with van der Waals surface area (Å²) in [6.07, 6.45) is 4.11. The van der Waals surface area contributed by atoms with Crippen LogP contribution < -0.4 is 20.1 Å². The van der Waals surface area contributed by atoms with Crippen molar-refractivity contribution < 1.29 is 23.9 Å². The quantitative estimate of drug-likeness (QED) is 0.595. The van der Waals surface area contributed by atoms with E-state index >= 15 is 0 Å². The number of aromatic nitrogens is 2. The molecular formula is C25H33N5O5. The minimum absolute atomic E-state index is 0.123. The number of fused-ring (bicyclic) bond motifs is 1. The van der Waals surface area contributed by atoms with Crippen molar-refractivity contribution in [1.82, 2.24) is 25.3 Å². The summed E-state index contributed by atoms with van der Waals surface area (Å²) < 4.78 is 12.1. The number of benzene rings is 1. The Balaban J connectivity index is 1.51. The van der Waals surface area contributed by atoms with Gasteiger partial charge in [-0.15, -0.1) is 0 Å². The van der Waals surface area contributed by atoms with Gasteiger partial charge in [-0.05, 0) is 38.8 Å². The predicted molar refractivity (Wildman–Crippen MR) is 128 cm³/mol. The van der Waals surface area contributed by atoms with Crippen LogP contribution in [-0.4, -0.2) is 64.7 Å². The highest BCUT2D eigenvalue weighted by Crippen LogP contribution is 2.29. The van der Waals surface area contributed by atoms with Crippen molar-refractivity contribution in [2.75, 3.05) is 20.8 Å². The number of carbonyl (C=O) groups is 3. The maximum absolute atomic E-state index is 13.3. The molecule has 1 aromatic carbocycles. The molecule has 35 heavy (non-hydrogen) atoms. The monoisotopic (exact) mass is 483 g/mol. The van der Waals surface area contributed by atoms with Crippen molar-refractivity contribution in [1.29, 1.82) is 0 Å². The molecule has 10 heteroatoms. The van der Waals surface area contributed by atoms with Gasteiger partial charge in [-0.25, -0.2) is 0 Å². The van der Waals surface area contributed by atoms with Gasteiger partial charge >= 0.3 is 0 Å². The molecule has 10 nitrogen and oxygen atoms in total. The molecule has 1 unspecified atom stereocenters. The zero-order chi connectivity index (χ0) is 25.2. The second kappa shape index (κ2) is 9.97. The van der Waals surface area contributed by atoms with Crippen LogP contribution in [-0.2, 0) is 17.9 Å². The first kappa shape index (κ1) is 24.6. The largest absolute Gasteiger partial charge is 0.497 e. The van der Waals surface area contributed by atoms with Gasteiger partial charge in [0.1, 0.15) is 22.7 Å². The molecule has 0 bridgehead atoms. The van der Waals surface area contributed by atoms with Crippen molar-refractivity contribution in [3.05, 3.63) is 41.2 Å². The highest BCUT2D eigenvalue weighted by molar-refractivity contribution is 6.01. The lowest BCUT2D eigenvalue weighted by Gasteiger charge is -2.43. The van der Waals surface area contributed by atoms with Crippen LogP contribution >= 0.6 is 0 Å². The van der Waals surface area contributed by atoms with Crippen LogP contribution in [0.1, 0.15) is 66.1 Å². The van der Waals surface area contributed by atoms with Gasteiger partial charge in [-0.1, -0.05) is 12.8 Å². The Bertz CT molecular complexity index is 1120. The van der Waals surface area contributed by atoms with E-state index in [1.165, 1.54) is 10.7 Å². The van der Waals surface area contributed by atoms with Crippen molar-refractivity contribution in [2.45, 2.75) is 64.2 Å². The van der Waals surface area contributed by atoms with Gasteiger partial charge in [-0.3, -0.25) is 19.1 Å². The Kier molecular flexibility index (Phi) is 7.00. The van der Waals surface area contributed by atoms with E-state index in [4.69, 9.17) is 9.47 Å². The molecule has 1 saturated carbocycles. The van der Waals surface area contributed by atoms with Crippen molar-refractivity contribution in [3.63, 3.8) is 0 Å². The number of nitrogens with zero attached hydrogens (tertiary/aromatic N) is 3. The number of amides is 3. The average molecular weight is 484 g/mol. The van der Waals surface area contributed by atoms with E-state index in [2.05, 4.69) is 15.7 Å². The first-order valence-corrected chi connectivity index (χ1v) is 12.0. The molecule has 1 fully saturated rings. The average Bonchev–Trinajstić information content (AvgIpc) is 3.52. The highest BCUT2D eigenvalue weighted by Gasteiger charge is 2.48. The van der Waals surface area contributed by atoms with Gasteiger partial charge < -0.3 is 25.0 Å². The van der Waals surface area contributed by atoms with E-state index in [0.29, 0.717) is 23.7 Å². The highest BCUT2D eigenvalue weighted by atomic mass is 16.5. The SMILES string of the molecule is CCN1C(=O)c2cc(C(=O)NCc3ccc(OC)cc3OC)nn2CC1(C)C(=O)NC1CCCC1. The second-order valence-electron chi connectivity index (χ2n) is 9.21. The number of hydrogen-bond acceptors (Lipinski definition) is 6. The molecule has 1 aromatic heterocycles. The molecule has 2 N–H and O–H groups in total. The topological polar surface area (TPSA) is 115 Å². The van der Waals surface area contributed by atoms with Gasteiger partial charge in [0, 0.05) is 36.8 Å². The standard InChI is InChI=1S/C25H33N5O5/c1-5-29-23(32)20-13-19(22(31)26-14-16-10-11-18(34-3)12-21(16)35-4)28-30(20)15-25(29,2)24(33)27-17-8-6-7-9-17/h10-13,17H,5-9,14-15H2,1-4H3,(H,26,31)(H,27,33). The van der Waals surface area contributed by atoms with Crippen molar-refractivity contribution in [2.24, 2.45) is 0 Å². The minimum atomic E-state index is -1.09. The first-order valence-electron chi connectivity index (χ1n) is 12.0. The molecule has 0 spiro atoms. The number of hydrogen-bond donors (Lipinski definition) is 2. The fourth-order valence-corrected chi connectivity index (χ4v) is 4.92. The summed E-state index contributed by atoms with van der Waals surface area (Å²) >= 11 is 0. The lowest BCUT2D eigenvalue weighted by Crippen LogP contribution is -2.64. The van der Waals surface area contributed by atoms with Crippen LogP contribution in [0.5, 0.6) is 11.5 Å². The number of ether oxygens (including phenoxy) is 2. The van der Waals surface area contributed by atoms with Crippen LogP contribution in [0.25, 0.3) is 0 Å². The van der Waals surface area contributed by atoms with E-state index in [9.17, 15) is 14.4 Å². The third-order valence-corrected chi connectivity index (χ3v) is 6.96.